The number of anilines is 1. The minimum atomic E-state index is -0.279. The molecule has 3 aromatic rings. The molecule has 2 amide bonds. The molecule has 0 fully saturated rings. The number of amides is 2. The maximum atomic E-state index is 12.2. The van der Waals surface area contributed by atoms with E-state index in [9.17, 15) is 9.59 Å². The molecule has 0 saturated heterocycles. The van der Waals surface area contributed by atoms with Gasteiger partial charge < -0.3 is 10.6 Å². The van der Waals surface area contributed by atoms with Crippen LogP contribution in [0.25, 0.3) is 0 Å². The molecule has 8 heteroatoms. The second-order valence-corrected chi connectivity index (χ2v) is 8.12. The van der Waals surface area contributed by atoms with Gasteiger partial charge in [-0.1, -0.05) is 59.4 Å². The molecule has 0 aliphatic heterocycles. The smallest absolute Gasteiger partial charge is 0.286 e. The fourth-order valence-electron chi connectivity index (χ4n) is 2.30. The first-order valence-corrected chi connectivity index (χ1v) is 10.7. The van der Waals surface area contributed by atoms with Gasteiger partial charge in [-0.3, -0.25) is 9.59 Å². The predicted octanol–water partition coefficient (Wildman–Crippen LogP) is 3.65. The van der Waals surface area contributed by atoms with E-state index in [1.165, 1.54) is 23.1 Å². The zero-order valence-electron chi connectivity index (χ0n) is 15.3. The van der Waals surface area contributed by atoms with Crippen molar-refractivity contribution in [1.82, 2.24) is 15.5 Å². The van der Waals surface area contributed by atoms with Crippen molar-refractivity contribution in [3.8, 4) is 0 Å². The molecule has 0 aliphatic carbocycles. The summed E-state index contributed by atoms with van der Waals surface area (Å²) in [5.74, 6) is 0.555. The van der Waals surface area contributed by atoms with E-state index in [-0.39, 0.29) is 11.8 Å². The molecule has 6 nitrogen and oxygen atoms in total. The van der Waals surface area contributed by atoms with Crippen molar-refractivity contribution in [2.45, 2.75) is 19.2 Å². The van der Waals surface area contributed by atoms with Gasteiger partial charge in [-0.05, 0) is 24.6 Å². The fraction of sp³-hybridized carbons (Fsp3) is 0.200. The van der Waals surface area contributed by atoms with Crippen LogP contribution in [-0.2, 0) is 17.1 Å². The third-order valence-corrected chi connectivity index (χ3v) is 5.81. The van der Waals surface area contributed by atoms with Crippen LogP contribution in [0.1, 0.15) is 25.9 Å². The zero-order chi connectivity index (χ0) is 19.8. The van der Waals surface area contributed by atoms with Gasteiger partial charge in [-0.15, -0.1) is 22.0 Å². The maximum Gasteiger partial charge on any atom is 0.286 e. The molecule has 2 aromatic carbocycles. The molecular formula is C20H20N4O2S2. The number of hydrogen-bond donors (Lipinski definition) is 2. The van der Waals surface area contributed by atoms with Gasteiger partial charge in [-0.25, -0.2) is 0 Å². The molecule has 0 bridgehead atoms. The van der Waals surface area contributed by atoms with Gasteiger partial charge in [0, 0.05) is 18.0 Å². The second-order valence-electron chi connectivity index (χ2n) is 6.08. The van der Waals surface area contributed by atoms with E-state index in [2.05, 4.69) is 20.8 Å². The topological polar surface area (TPSA) is 84.0 Å². The first kappa shape index (κ1) is 20.0. The van der Waals surface area contributed by atoms with E-state index in [0.29, 0.717) is 23.1 Å². The molecule has 0 unspecified atom stereocenters. The number of aryl methyl sites for hydroxylation is 1. The molecule has 144 valence electrons. The third kappa shape index (κ3) is 6.17. The van der Waals surface area contributed by atoms with Gasteiger partial charge in [-0.2, -0.15) is 0 Å². The van der Waals surface area contributed by atoms with Crippen LogP contribution in [0.4, 0.5) is 5.69 Å². The Bertz CT molecular complexity index is 927. The van der Waals surface area contributed by atoms with Crippen LogP contribution in [0.2, 0.25) is 0 Å². The van der Waals surface area contributed by atoms with Crippen LogP contribution in [0, 0.1) is 6.92 Å². The van der Waals surface area contributed by atoms with Crippen molar-refractivity contribution < 1.29 is 9.59 Å². The number of rotatable bonds is 8. The van der Waals surface area contributed by atoms with E-state index in [0.717, 1.165) is 21.8 Å². The van der Waals surface area contributed by atoms with Crippen LogP contribution < -0.4 is 10.6 Å². The number of nitrogens with zero attached hydrogens (tertiary/aromatic N) is 2. The summed E-state index contributed by atoms with van der Waals surface area (Å²) in [5.41, 5.74) is 2.91. The van der Waals surface area contributed by atoms with Gasteiger partial charge in [0.1, 0.15) is 5.01 Å². The predicted molar refractivity (Wildman–Crippen MR) is 113 cm³/mol. The highest BCUT2D eigenvalue weighted by atomic mass is 32.2. The van der Waals surface area contributed by atoms with Crippen molar-refractivity contribution in [3.05, 3.63) is 75.7 Å². The summed E-state index contributed by atoms with van der Waals surface area (Å²) in [5, 5.41) is 14.7. The van der Waals surface area contributed by atoms with Gasteiger partial charge >= 0.3 is 0 Å². The lowest BCUT2D eigenvalue weighted by atomic mass is 10.2. The molecule has 0 saturated carbocycles. The Balaban J connectivity index is 1.41. The van der Waals surface area contributed by atoms with E-state index < -0.39 is 0 Å². The Labute approximate surface area is 171 Å². The molecule has 0 atom stereocenters. The molecule has 1 heterocycles. The number of carbonyl (C=O) groups is 2. The summed E-state index contributed by atoms with van der Waals surface area (Å²) in [7, 11) is 0. The van der Waals surface area contributed by atoms with Crippen LogP contribution in [-0.4, -0.2) is 27.8 Å². The Kier molecular flexibility index (Phi) is 7.16. The summed E-state index contributed by atoms with van der Waals surface area (Å²) >= 11 is 2.68. The van der Waals surface area contributed by atoms with Crippen LogP contribution in [0.15, 0.2) is 54.6 Å². The number of carbonyl (C=O) groups excluding carboxylic acids is 2. The van der Waals surface area contributed by atoms with Crippen molar-refractivity contribution in [2.75, 3.05) is 11.1 Å². The number of benzene rings is 2. The quantitative estimate of drug-likeness (QED) is 0.590. The van der Waals surface area contributed by atoms with E-state index in [4.69, 9.17) is 0 Å². The Hall–Kier alpha value is -2.71. The van der Waals surface area contributed by atoms with Gasteiger partial charge in [0.15, 0.2) is 0 Å². The van der Waals surface area contributed by atoms with Crippen molar-refractivity contribution in [3.63, 3.8) is 0 Å². The van der Waals surface area contributed by atoms with Crippen molar-refractivity contribution >= 4 is 40.6 Å². The van der Waals surface area contributed by atoms with Crippen LogP contribution in [0.5, 0.6) is 0 Å². The summed E-state index contributed by atoms with van der Waals surface area (Å²) in [4.78, 5) is 24.2. The SMILES string of the molecule is Cc1ccc(NC(=O)c2nnc(CSCC(=O)NCc3ccccc3)s2)cc1. The lowest BCUT2D eigenvalue weighted by Crippen LogP contribution is -2.24. The lowest BCUT2D eigenvalue weighted by molar-refractivity contribution is -0.118. The Morgan fingerprint density at radius 2 is 1.79 bits per heavy atom. The largest absolute Gasteiger partial charge is 0.351 e. The third-order valence-electron chi connectivity index (χ3n) is 3.76. The molecule has 0 aliphatic rings. The summed E-state index contributed by atoms with van der Waals surface area (Å²) in [6.07, 6.45) is 0. The number of hydrogen-bond acceptors (Lipinski definition) is 6. The number of thioether (sulfide) groups is 1. The maximum absolute atomic E-state index is 12.2. The molecule has 1 aromatic heterocycles. The molecule has 2 N–H and O–H groups in total. The number of nitrogens with one attached hydrogen (secondary N) is 2. The molecular weight excluding hydrogens is 392 g/mol. The first-order chi connectivity index (χ1) is 13.6. The Morgan fingerprint density at radius 3 is 2.54 bits per heavy atom. The van der Waals surface area contributed by atoms with Crippen molar-refractivity contribution in [2.24, 2.45) is 0 Å². The number of aromatic nitrogens is 2. The second kappa shape index (κ2) is 10.0. The normalized spacial score (nSPS) is 10.5. The van der Waals surface area contributed by atoms with Gasteiger partial charge in [0.2, 0.25) is 10.9 Å². The minimum Gasteiger partial charge on any atom is -0.351 e. The fourth-order valence-corrected chi connectivity index (χ4v) is 3.94. The highest BCUT2D eigenvalue weighted by molar-refractivity contribution is 7.99. The summed E-state index contributed by atoms with van der Waals surface area (Å²) < 4.78 is 0. The minimum absolute atomic E-state index is 0.0318. The van der Waals surface area contributed by atoms with E-state index in [1.807, 2.05) is 61.5 Å². The van der Waals surface area contributed by atoms with Crippen LogP contribution in [0.3, 0.4) is 0 Å². The molecule has 0 spiro atoms. The van der Waals surface area contributed by atoms with Gasteiger partial charge in [0.05, 0.1) is 5.75 Å². The monoisotopic (exact) mass is 412 g/mol. The van der Waals surface area contributed by atoms with Crippen LogP contribution >= 0.6 is 23.1 Å². The first-order valence-electron chi connectivity index (χ1n) is 8.69. The van der Waals surface area contributed by atoms with E-state index >= 15 is 0 Å². The molecule has 28 heavy (non-hydrogen) atoms. The highest BCUT2D eigenvalue weighted by Gasteiger charge is 2.13. The highest BCUT2D eigenvalue weighted by Crippen LogP contribution is 2.18. The zero-order valence-corrected chi connectivity index (χ0v) is 17.0. The average molecular weight is 413 g/mol. The van der Waals surface area contributed by atoms with Gasteiger partial charge in [0.25, 0.3) is 5.91 Å². The van der Waals surface area contributed by atoms with E-state index in [1.54, 1.807) is 0 Å². The molecule has 0 radical (unpaired) electrons. The lowest BCUT2D eigenvalue weighted by Gasteiger charge is -2.04. The van der Waals surface area contributed by atoms with Crippen molar-refractivity contribution in [1.29, 1.82) is 0 Å². The average Bonchev–Trinajstić information content (AvgIpc) is 3.18. The summed E-state index contributed by atoms with van der Waals surface area (Å²) in [6, 6.07) is 17.3. The summed E-state index contributed by atoms with van der Waals surface area (Å²) in [6.45, 7) is 2.50. The Morgan fingerprint density at radius 1 is 1.04 bits per heavy atom. The molecule has 3 rings (SSSR count). The standard InChI is InChI=1S/C20H20N4O2S2/c1-14-7-9-16(10-8-14)22-19(26)20-24-23-18(28-20)13-27-12-17(25)21-11-15-5-3-2-4-6-15/h2-10H,11-13H2,1H3,(H,21,25)(H,22,26).